The molecule has 1 unspecified atom stereocenters. The average molecular weight is 216 g/mol. The number of likely N-dealkylation sites (N-methyl/N-ethyl adjacent to an activating group) is 1. The average Bonchev–Trinajstić information content (AvgIpc) is 2.63. The first-order valence-electron chi connectivity index (χ1n) is 5.77. The lowest BCUT2D eigenvalue weighted by molar-refractivity contribution is 0.104. The van der Waals surface area contributed by atoms with E-state index in [0.29, 0.717) is 13.1 Å². The first-order valence-corrected chi connectivity index (χ1v) is 5.77. The number of hydrogen-bond donors (Lipinski definition) is 3. The second kappa shape index (κ2) is 5.80. The molecule has 1 aliphatic carbocycles. The topological polar surface area (TPSA) is 55.7 Å². The van der Waals surface area contributed by atoms with Crippen LogP contribution in [0.5, 0.6) is 0 Å². The van der Waals surface area contributed by atoms with Crippen molar-refractivity contribution in [3.8, 4) is 0 Å². The van der Waals surface area contributed by atoms with E-state index in [1.54, 1.807) is 0 Å². The van der Waals surface area contributed by atoms with E-state index in [1.165, 1.54) is 12.8 Å². The molecule has 1 aliphatic rings. The van der Waals surface area contributed by atoms with Crippen molar-refractivity contribution < 1.29 is 10.2 Å². The number of aliphatic hydroxyl groups is 2. The predicted octanol–water partition coefficient (Wildman–Crippen LogP) is -0.196. The zero-order valence-electron chi connectivity index (χ0n) is 9.87. The summed E-state index contributed by atoms with van der Waals surface area (Å²) in [6.07, 6.45) is 4.05. The molecule has 0 radical (unpaired) electrons. The van der Waals surface area contributed by atoms with Gasteiger partial charge < -0.3 is 20.4 Å². The van der Waals surface area contributed by atoms with Crippen LogP contribution in [-0.4, -0.2) is 60.5 Å². The molecule has 15 heavy (non-hydrogen) atoms. The van der Waals surface area contributed by atoms with E-state index in [9.17, 15) is 10.2 Å². The summed E-state index contributed by atoms with van der Waals surface area (Å²) in [6, 6.07) is 0. The maximum absolute atomic E-state index is 9.70. The zero-order chi connectivity index (χ0) is 11.3. The molecule has 0 aromatic heterocycles. The molecule has 0 bridgehead atoms. The molecule has 0 saturated heterocycles. The number of rotatable bonds is 6. The minimum absolute atomic E-state index is 0.118. The van der Waals surface area contributed by atoms with Gasteiger partial charge in [0.2, 0.25) is 0 Å². The first kappa shape index (κ1) is 12.9. The molecule has 0 amide bonds. The third-order valence-electron chi connectivity index (χ3n) is 3.15. The Morgan fingerprint density at radius 2 is 1.93 bits per heavy atom. The molecule has 4 heteroatoms. The van der Waals surface area contributed by atoms with Crippen LogP contribution in [0.25, 0.3) is 0 Å². The first-order chi connectivity index (χ1) is 7.08. The fraction of sp³-hybridized carbons (Fsp3) is 1.00. The molecule has 1 rings (SSSR count). The molecule has 1 fully saturated rings. The van der Waals surface area contributed by atoms with Gasteiger partial charge in [-0.3, -0.25) is 0 Å². The minimum Gasteiger partial charge on any atom is -0.394 e. The Morgan fingerprint density at radius 3 is 2.40 bits per heavy atom. The number of aliphatic hydroxyl groups excluding tert-OH is 2. The van der Waals surface area contributed by atoms with Crippen molar-refractivity contribution in [2.24, 2.45) is 0 Å². The van der Waals surface area contributed by atoms with E-state index in [0.717, 1.165) is 12.8 Å². The van der Waals surface area contributed by atoms with Crippen LogP contribution in [-0.2, 0) is 0 Å². The third kappa shape index (κ3) is 4.07. The molecule has 0 aromatic rings. The van der Waals surface area contributed by atoms with Crippen molar-refractivity contribution in [1.82, 2.24) is 10.2 Å². The van der Waals surface area contributed by atoms with Gasteiger partial charge in [-0.15, -0.1) is 0 Å². The normalized spacial score (nSPS) is 22.2. The SMILES string of the molecule is CN(C)CC(O)CNC1(CO)CCCC1. The molecule has 0 heterocycles. The maximum atomic E-state index is 9.70. The number of nitrogens with one attached hydrogen (secondary N) is 1. The third-order valence-corrected chi connectivity index (χ3v) is 3.15. The Morgan fingerprint density at radius 1 is 1.33 bits per heavy atom. The molecule has 4 nitrogen and oxygen atoms in total. The summed E-state index contributed by atoms with van der Waals surface area (Å²) >= 11 is 0. The van der Waals surface area contributed by atoms with Gasteiger partial charge in [0.1, 0.15) is 0 Å². The van der Waals surface area contributed by atoms with Gasteiger partial charge in [-0.25, -0.2) is 0 Å². The van der Waals surface area contributed by atoms with Gasteiger partial charge in [-0.2, -0.15) is 0 Å². The Bertz CT molecular complexity index is 179. The van der Waals surface area contributed by atoms with Crippen LogP contribution in [0.3, 0.4) is 0 Å². The van der Waals surface area contributed by atoms with Crippen molar-refractivity contribution in [1.29, 1.82) is 0 Å². The highest BCUT2D eigenvalue weighted by molar-refractivity contribution is 4.92. The quantitative estimate of drug-likeness (QED) is 0.576. The summed E-state index contributed by atoms with van der Waals surface area (Å²) in [7, 11) is 3.89. The summed E-state index contributed by atoms with van der Waals surface area (Å²) < 4.78 is 0. The lowest BCUT2D eigenvalue weighted by Gasteiger charge is -2.30. The van der Waals surface area contributed by atoms with E-state index < -0.39 is 0 Å². The van der Waals surface area contributed by atoms with E-state index in [2.05, 4.69) is 5.32 Å². The second-order valence-corrected chi connectivity index (χ2v) is 4.94. The van der Waals surface area contributed by atoms with Crippen LogP contribution in [0, 0.1) is 0 Å². The highest BCUT2D eigenvalue weighted by Crippen LogP contribution is 2.28. The highest BCUT2D eigenvalue weighted by atomic mass is 16.3. The van der Waals surface area contributed by atoms with Crippen LogP contribution >= 0.6 is 0 Å². The van der Waals surface area contributed by atoms with Crippen molar-refractivity contribution >= 4 is 0 Å². The van der Waals surface area contributed by atoms with E-state index >= 15 is 0 Å². The maximum Gasteiger partial charge on any atom is 0.0791 e. The van der Waals surface area contributed by atoms with Crippen LogP contribution in [0.15, 0.2) is 0 Å². The molecule has 0 spiro atoms. The standard InChI is InChI=1S/C11H24N2O2/c1-13(2)8-10(15)7-12-11(9-14)5-3-4-6-11/h10,12,14-15H,3-9H2,1-2H3. The molecule has 1 saturated carbocycles. The molecular weight excluding hydrogens is 192 g/mol. The zero-order valence-corrected chi connectivity index (χ0v) is 9.87. The summed E-state index contributed by atoms with van der Waals surface area (Å²) in [6.45, 7) is 1.41. The summed E-state index contributed by atoms with van der Waals surface area (Å²) in [5, 5.41) is 22.4. The van der Waals surface area contributed by atoms with Crippen molar-refractivity contribution in [2.45, 2.75) is 37.3 Å². The molecule has 1 atom stereocenters. The largest absolute Gasteiger partial charge is 0.394 e. The number of β-amino-alcohol motifs (C(OH)–C–C–N with tert-alkyl or cyclic N) is 1. The van der Waals surface area contributed by atoms with Gasteiger partial charge in [0.05, 0.1) is 12.7 Å². The Labute approximate surface area is 92.3 Å². The summed E-state index contributed by atoms with van der Waals surface area (Å²) in [4.78, 5) is 1.96. The Hall–Kier alpha value is -0.160. The Kier molecular flexibility index (Phi) is 4.99. The fourth-order valence-corrected chi connectivity index (χ4v) is 2.26. The molecular formula is C11H24N2O2. The van der Waals surface area contributed by atoms with E-state index in [4.69, 9.17) is 0 Å². The van der Waals surface area contributed by atoms with Gasteiger partial charge in [-0.1, -0.05) is 12.8 Å². The lowest BCUT2D eigenvalue weighted by atomic mass is 9.99. The van der Waals surface area contributed by atoms with Crippen molar-refractivity contribution in [3.05, 3.63) is 0 Å². The molecule has 3 N–H and O–H groups in total. The fourth-order valence-electron chi connectivity index (χ4n) is 2.26. The minimum atomic E-state index is -0.357. The van der Waals surface area contributed by atoms with E-state index in [1.807, 2.05) is 19.0 Å². The number of hydrogen-bond acceptors (Lipinski definition) is 4. The number of nitrogens with zero attached hydrogens (tertiary/aromatic N) is 1. The molecule has 0 aliphatic heterocycles. The van der Waals surface area contributed by atoms with Crippen molar-refractivity contribution in [3.63, 3.8) is 0 Å². The highest BCUT2D eigenvalue weighted by Gasteiger charge is 2.32. The van der Waals surface area contributed by atoms with Crippen LogP contribution in [0.1, 0.15) is 25.7 Å². The summed E-state index contributed by atoms with van der Waals surface area (Å²) in [5.74, 6) is 0. The Balaban J connectivity index is 2.28. The second-order valence-electron chi connectivity index (χ2n) is 4.94. The van der Waals surface area contributed by atoms with Crippen LogP contribution < -0.4 is 5.32 Å². The van der Waals surface area contributed by atoms with Gasteiger partial charge in [-0.05, 0) is 26.9 Å². The van der Waals surface area contributed by atoms with Crippen LogP contribution in [0.4, 0.5) is 0 Å². The molecule has 0 aromatic carbocycles. The lowest BCUT2D eigenvalue weighted by Crippen LogP contribution is -2.50. The van der Waals surface area contributed by atoms with Gasteiger partial charge in [0.25, 0.3) is 0 Å². The molecule has 90 valence electrons. The van der Waals surface area contributed by atoms with Gasteiger partial charge in [0, 0.05) is 18.6 Å². The van der Waals surface area contributed by atoms with Crippen LogP contribution in [0.2, 0.25) is 0 Å². The summed E-state index contributed by atoms with van der Waals surface area (Å²) in [5.41, 5.74) is -0.118. The predicted molar refractivity (Wildman–Crippen MR) is 60.8 cm³/mol. The monoisotopic (exact) mass is 216 g/mol. The van der Waals surface area contributed by atoms with E-state index in [-0.39, 0.29) is 18.2 Å². The van der Waals surface area contributed by atoms with Gasteiger partial charge >= 0.3 is 0 Å². The smallest absolute Gasteiger partial charge is 0.0791 e. The van der Waals surface area contributed by atoms with Crippen molar-refractivity contribution in [2.75, 3.05) is 33.8 Å². The van der Waals surface area contributed by atoms with Gasteiger partial charge in [0.15, 0.2) is 0 Å².